The van der Waals surface area contributed by atoms with Gasteiger partial charge in [-0.2, -0.15) is 0 Å². The van der Waals surface area contributed by atoms with E-state index in [0.29, 0.717) is 6.42 Å². The highest BCUT2D eigenvalue weighted by atomic mass is 32.2. The number of aliphatic hydroxyl groups is 1. The second-order valence-corrected chi connectivity index (χ2v) is 5.85. The Bertz CT molecular complexity index is 426. The molecule has 1 unspecified atom stereocenters. The van der Waals surface area contributed by atoms with Gasteiger partial charge in [0.25, 0.3) is 5.69 Å². The van der Waals surface area contributed by atoms with Gasteiger partial charge in [-0.05, 0) is 18.9 Å². The number of aliphatic hydroxyl groups excluding tert-OH is 1. The predicted molar refractivity (Wildman–Crippen MR) is 78.9 cm³/mol. The molecule has 19 heavy (non-hydrogen) atoms. The van der Waals surface area contributed by atoms with E-state index in [9.17, 15) is 10.1 Å². The maximum absolute atomic E-state index is 10.9. The summed E-state index contributed by atoms with van der Waals surface area (Å²) in [5, 5.41) is 23.2. The van der Waals surface area contributed by atoms with Gasteiger partial charge in [0.2, 0.25) is 0 Å². The zero-order valence-corrected chi connectivity index (χ0v) is 12.1. The Morgan fingerprint density at radius 1 is 1.47 bits per heavy atom. The molecular formula is C13H20N2O3S. The highest BCUT2D eigenvalue weighted by Crippen LogP contribution is 2.31. The SMILES string of the molecule is CCCNc1cc(SC(C)CCO)cc([N+](=O)[O-])c1. The van der Waals surface area contributed by atoms with Gasteiger partial charge < -0.3 is 10.4 Å². The maximum atomic E-state index is 10.9. The van der Waals surface area contributed by atoms with Crippen molar-refractivity contribution < 1.29 is 10.0 Å². The monoisotopic (exact) mass is 284 g/mol. The van der Waals surface area contributed by atoms with Crippen LogP contribution in [0.4, 0.5) is 11.4 Å². The number of hydrogen-bond acceptors (Lipinski definition) is 5. The topological polar surface area (TPSA) is 75.4 Å². The molecule has 0 fully saturated rings. The Morgan fingerprint density at radius 2 is 2.21 bits per heavy atom. The van der Waals surface area contributed by atoms with Crippen molar-refractivity contribution in [2.75, 3.05) is 18.5 Å². The molecule has 0 saturated carbocycles. The van der Waals surface area contributed by atoms with Gasteiger partial charge in [-0.15, -0.1) is 11.8 Å². The van der Waals surface area contributed by atoms with Crippen molar-refractivity contribution in [1.29, 1.82) is 0 Å². The van der Waals surface area contributed by atoms with Crippen LogP contribution < -0.4 is 5.32 Å². The van der Waals surface area contributed by atoms with Gasteiger partial charge in [-0.1, -0.05) is 13.8 Å². The molecule has 0 amide bonds. The van der Waals surface area contributed by atoms with Crippen LogP contribution in [0.25, 0.3) is 0 Å². The quantitative estimate of drug-likeness (QED) is 0.435. The summed E-state index contributed by atoms with van der Waals surface area (Å²) in [5.74, 6) is 0. The van der Waals surface area contributed by atoms with Crippen LogP contribution in [0.1, 0.15) is 26.7 Å². The third-order valence-corrected chi connectivity index (χ3v) is 3.70. The zero-order valence-electron chi connectivity index (χ0n) is 11.3. The van der Waals surface area contributed by atoms with E-state index < -0.39 is 0 Å². The fraction of sp³-hybridized carbons (Fsp3) is 0.538. The first kappa shape index (κ1) is 15.8. The van der Waals surface area contributed by atoms with Crippen molar-refractivity contribution in [3.63, 3.8) is 0 Å². The number of nitro groups is 1. The summed E-state index contributed by atoms with van der Waals surface area (Å²) in [6, 6.07) is 5.05. The molecule has 1 aromatic carbocycles. The lowest BCUT2D eigenvalue weighted by atomic mass is 10.2. The van der Waals surface area contributed by atoms with Crippen LogP contribution >= 0.6 is 11.8 Å². The Kier molecular flexibility index (Phi) is 6.66. The van der Waals surface area contributed by atoms with Gasteiger partial charge in [-0.25, -0.2) is 0 Å². The van der Waals surface area contributed by atoms with E-state index in [2.05, 4.69) is 5.32 Å². The van der Waals surface area contributed by atoms with Gasteiger partial charge in [0.1, 0.15) is 0 Å². The van der Waals surface area contributed by atoms with E-state index in [1.807, 2.05) is 19.9 Å². The molecule has 6 heteroatoms. The molecule has 0 bridgehead atoms. The highest BCUT2D eigenvalue weighted by Gasteiger charge is 2.12. The number of rotatable bonds is 8. The van der Waals surface area contributed by atoms with Crippen molar-refractivity contribution in [3.8, 4) is 0 Å². The van der Waals surface area contributed by atoms with E-state index in [-0.39, 0.29) is 22.5 Å². The standard InChI is InChI=1S/C13H20N2O3S/c1-3-5-14-11-7-12(15(17)18)9-13(8-11)19-10(2)4-6-16/h7-10,14,16H,3-6H2,1-2H3. The van der Waals surface area contributed by atoms with Gasteiger partial charge in [0.05, 0.1) is 4.92 Å². The second kappa shape index (κ2) is 8.01. The molecule has 0 saturated heterocycles. The van der Waals surface area contributed by atoms with Crippen LogP contribution in [0.2, 0.25) is 0 Å². The average Bonchev–Trinajstić information content (AvgIpc) is 2.36. The lowest BCUT2D eigenvalue weighted by Gasteiger charge is -2.11. The highest BCUT2D eigenvalue weighted by molar-refractivity contribution is 8.00. The molecule has 1 aromatic rings. The van der Waals surface area contributed by atoms with E-state index in [1.165, 1.54) is 0 Å². The Hall–Kier alpha value is -1.27. The zero-order chi connectivity index (χ0) is 14.3. The largest absolute Gasteiger partial charge is 0.396 e. The minimum atomic E-state index is -0.377. The molecular weight excluding hydrogens is 264 g/mol. The second-order valence-electron chi connectivity index (χ2n) is 4.34. The molecule has 2 N–H and O–H groups in total. The molecule has 0 aliphatic rings. The van der Waals surface area contributed by atoms with E-state index in [1.54, 1.807) is 23.9 Å². The van der Waals surface area contributed by atoms with Crippen molar-refractivity contribution in [2.45, 2.75) is 36.8 Å². The average molecular weight is 284 g/mol. The fourth-order valence-electron chi connectivity index (χ4n) is 1.60. The van der Waals surface area contributed by atoms with Gasteiger partial charge in [0, 0.05) is 41.1 Å². The number of hydrogen-bond donors (Lipinski definition) is 2. The normalized spacial score (nSPS) is 12.2. The lowest BCUT2D eigenvalue weighted by Crippen LogP contribution is -2.02. The summed E-state index contributed by atoms with van der Waals surface area (Å²) < 4.78 is 0. The van der Waals surface area contributed by atoms with E-state index >= 15 is 0 Å². The minimum Gasteiger partial charge on any atom is -0.396 e. The van der Waals surface area contributed by atoms with Crippen LogP contribution in [-0.4, -0.2) is 28.4 Å². The van der Waals surface area contributed by atoms with Crippen molar-refractivity contribution in [2.24, 2.45) is 0 Å². The summed E-state index contributed by atoms with van der Waals surface area (Å²) in [7, 11) is 0. The number of anilines is 1. The maximum Gasteiger partial charge on any atom is 0.272 e. The van der Waals surface area contributed by atoms with Crippen LogP contribution in [0, 0.1) is 10.1 Å². The molecule has 0 radical (unpaired) electrons. The first-order valence-corrected chi connectivity index (χ1v) is 7.25. The minimum absolute atomic E-state index is 0.0970. The fourth-order valence-corrected chi connectivity index (χ4v) is 2.67. The van der Waals surface area contributed by atoms with Gasteiger partial charge in [-0.3, -0.25) is 10.1 Å². The van der Waals surface area contributed by atoms with Crippen molar-refractivity contribution in [1.82, 2.24) is 0 Å². The number of nitrogens with zero attached hydrogens (tertiary/aromatic N) is 1. The predicted octanol–water partition coefficient (Wildman–Crippen LogP) is 3.28. The molecule has 0 aliphatic heterocycles. The Balaban J connectivity index is 2.89. The van der Waals surface area contributed by atoms with Crippen molar-refractivity contribution in [3.05, 3.63) is 28.3 Å². The summed E-state index contributed by atoms with van der Waals surface area (Å²) >= 11 is 1.54. The molecule has 0 spiro atoms. The third-order valence-electron chi connectivity index (χ3n) is 2.55. The number of nitro benzene ring substituents is 1. The smallest absolute Gasteiger partial charge is 0.272 e. The summed E-state index contributed by atoms with van der Waals surface area (Å²) in [6.45, 7) is 4.96. The first-order valence-electron chi connectivity index (χ1n) is 6.37. The molecule has 106 valence electrons. The van der Waals surface area contributed by atoms with E-state index in [0.717, 1.165) is 23.5 Å². The van der Waals surface area contributed by atoms with Crippen LogP contribution in [0.3, 0.4) is 0 Å². The molecule has 1 rings (SSSR count). The van der Waals surface area contributed by atoms with Crippen LogP contribution in [-0.2, 0) is 0 Å². The number of non-ortho nitro benzene ring substituents is 1. The third kappa shape index (κ3) is 5.48. The van der Waals surface area contributed by atoms with Crippen LogP contribution in [0.15, 0.2) is 23.1 Å². The summed E-state index contributed by atoms with van der Waals surface area (Å²) in [4.78, 5) is 11.4. The van der Waals surface area contributed by atoms with E-state index in [4.69, 9.17) is 5.11 Å². The molecule has 0 aromatic heterocycles. The molecule has 5 nitrogen and oxygen atoms in total. The number of benzene rings is 1. The first-order chi connectivity index (χ1) is 9.06. The van der Waals surface area contributed by atoms with Crippen molar-refractivity contribution >= 4 is 23.1 Å². The summed E-state index contributed by atoms with van der Waals surface area (Å²) in [6.07, 6.45) is 1.64. The Morgan fingerprint density at radius 3 is 2.79 bits per heavy atom. The molecule has 0 heterocycles. The molecule has 1 atom stereocenters. The number of thioether (sulfide) groups is 1. The number of nitrogens with one attached hydrogen (secondary N) is 1. The summed E-state index contributed by atoms with van der Waals surface area (Å²) in [5.41, 5.74) is 0.870. The van der Waals surface area contributed by atoms with Gasteiger partial charge >= 0.3 is 0 Å². The Labute approximate surface area is 117 Å². The van der Waals surface area contributed by atoms with Crippen LogP contribution in [0.5, 0.6) is 0 Å². The van der Waals surface area contributed by atoms with Gasteiger partial charge in [0.15, 0.2) is 0 Å². The lowest BCUT2D eigenvalue weighted by molar-refractivity contribution is -0.385. The molecule has 0 aliphatic carbocycles.